The van der Waals surface area contributed by atoms with E-state index < -0.39 is 0 Å². The molecule has 0 bridgehead atoms. The van der Waals surface area contributed by atoms with Gasteiger partial charge in [0.05, 0.1) is 5.76 Å². The molecule has 4 nitrogen and oxygen atoms in total. The summed E-state index contributed by atoms with van der Waals surface area (Å²) in [5.74, 6) is 1.69. The SMILES string of the molecule is CC(=O)/C=C(/C)O.CC(C)c1cccc(C(C)C)c1-c1cc2ccc(-c3[c-]cccc3)nc2o1.[Ir]. The average Bonchev–Trinajstić information content (AvgIpc) is 3.21. The minimum Gasteiger partial charge on any atom is -0.512 e. The molecule has 0 saturated carbocycles. The van der Waals surface area contributed by atoms with Gasteiger partial charge in [-0.25, -0.2) is 0 Å². The molecule has 0 amide bonds. The van der Waals surface area contributed by atoms with Crippen molar-refractivity contribution in [1.82, 2.24) is 4.98 Å². The third kappa shape index (κ3) is 7.24. The Hall–Kier alpha value is -3.01. The zero-order valence-corrected chi connectivity index (χ0v) is 23.4. The number of aromatic nitrogens is 1. The maximum absolute atomic E-state index is 10.0. The Kier molecular flexibility index (Phi) is 10.2. The van der Waals surface area contributed by atoms with Crippen molar-refractivity contribution in [2.75, 3.05) is 0 Å². The van der Waals surface area contributed by atoms with Crippen molar-refractivity contribution < 1.29 is 34.4 Å². The monoisotopic (exact) mass is 647 g/mol. The second-order valence-electron chi connectivity index (χ2n) is 9.00. The Morgan fingerprint density at radius 1 is 0.971 bits per heavy atom. The van der Waals surface area contributed by atoms with Crippen molar-refractivity contribution in [2.45, 2.75) is 53.4 Å². The van der Waals surface area contributed by atoms with E-state index >= 15 is 0 Å². The van der Waals surface area contributed by atoms with Gasteiger partial charge in [0.15, 0.2) is 5.78 Å². The molecule has 0 aliphatic heterocycles. The predicted octanol–water partition coefficient (Wildman–Crippen LogP) is 8.24. The molecule has 4 rings (SSSR count). The van der Waals surface area contributed by atoms with Gasteiger partial charge in [-0.15, -0.1) is 35.9 Å². The van der Waals surface area contributed by atoms with Crippen molar-refractivity contribution in [3.8, 4) is 22.6 Å². The second kappa shape index (κ2) is 12.6. The first-order chi connectivity index (χ1) is 16.2. The quantitative estimate of drug-likeness (QED) is 0.135. The first-order valence-corrected chi connectivity index (χ1v) is 11.6. The topological polar surface area (TPSA) is 63.3 Å². The van der Waals surface area contributed by atoms with Crippen LogP contribution in [0.5, 0.6) is 0 Å². The van der Waals surface area contributed by atoms with Crippen LogP contribution in [-0.2, 0) is 24.9 Å². The summed E-state index contributed by atoms with van der Waals surface area (Å²) in [6.07, 6.45) is 1.17. The Morgan fingerprint density at radius 2 is 1.63 bits per heavy atom. The van der Waals surface area contributed by atoms with Crippen LogP contribution in [0.4, 0.5) is 0 Å². The largest absolute Gasteiger partial charge is 0.512 e. The van der Waals surface area contributed by atoms with Gasteiger partial charge in [0.25, 0.3) is 0 Å². The standard InChI is InChI=1S/C25H24NO.C5H8O2.Ir/c1-16(2)20-11-8-12-21(17(3)4)24(20)23-15-19-13-14-22(26-25(19)27-23)18-9-6-5-7-10-18;1-4(6)3-5(2)7;/h5-9,11-17H,1-4H3;3,6H,1-2H3;/q-1;;/b;4-3-;. The van der Waals surface area contributed by atoms with Gasteiger partial charge in [0, 0.05) is 37.1 Å². The van der Waals surface area contributed by atoms with Gasteiger partial charge in [-0.2, -0.15) is 0 Å². The minimum atomic E-state index is -0.125. The molecular weight excluding hydrogens is 615 g/mol. The van der Waals surface area contributed by atoms with Crippen LogP contribution in [0.1, 0.15) is 64.5 Å². The van der Waals surface area contributed by atoms with Crippen molar-refractivity contribution in [1.29, 1.82) is 0 Å². The van der Waals surface area contributed by atoms with Crippen LogP contribution in [0.2, 0.25) is 0 Å². The molecule has 0 atom stereocenters. The van der Waals surface area contributed by atoms with Crippen molar-refractivity contribution in [3.05, 3.63) is 89.7 Å². The van der Waals surface area contributed by atoms with Gasteiger partial charge < -0.3 is 9.52 Å². The molecule has 0 unspecified atom stereocenters. The molecule has 1 N–H and O–H groups in total. The van der Waals surface area contributed by atoms with E-state index in [9.17, 15) is 4.79 Å². The zero-order valence-electron chi connectivity index (χ0n) is 21.0. The maximum Gasteiger partial charge on any atom is 0.217 e. The first-order valence-electron chi connectivity index (χ1n) is 11.6. The molecular formula is C30H32IrNO3-. The Morgan fingerprint density at radius 3 is 2.11 bits per heavy atom. The molecule has 0 saturated heterocycles. The zero-order chi connectivity index (χ0) is 24.8. The van der Waals surface area contributed by atoms with Crippen LogP contribution in [0.3, 0.4) is 0 Å². The number of hydrogen-bond donors (Lipinski definition) is 1. The van der Waals surface area contributed by atoms with Gasteiger partial charge in [0.1, 0.15) is 5.76 Å². The van der Waals surface area contributed by atoms with E-state index in [0.717, 1.165) is 22.4 Å². The third-order valence-corrected chi connectivity index (χ3v) is 5.40. The van der Waals surface area contributed by atoms with E-state index in [0.29, 0.717) is 17.5 Å². The Balaban J connectivity index is 0.000000476. The normalized spacial score (nSPS) is 11.3. The van der Waals surface area contributed by atoms with E-state index in [1.165, 1.54) is 36.6 Å². The number of fused-ring (bicyclic) bond motifs is 1. The smallest absolute Gasteiger partial charge is 0.217 e. The third-order valence-electron chi connectivity index (χ3n) is 5.40. The van der Waals surface area contributed by atoms with Crippen LogP contribution in [0, 0.1) is 6.07 Å². The minimum absolute atomic E-state index is 0. The second-order valence-corrected chi connectivity index (χ2v) is 9.00. The molecule has 2 aromatic carbocycles. The van der Waals surface area contributed by atoms with E-state index in [1.807, 2.05) is 30.3 Å². The van der Waals surface area contributed by atoms with Crippen LogP contribution < -0.4 is 0 Å². The van der Waals surface area contributed by atoms with Crippen LogP contribution in [0.15, 0.2) is 76.9 Å². The number of rotatable bonds is 5. The molecule has 1 radical (unpaired) electrons. The van der Waals surface area contributed by atoms with Gasteiger partial charge in [0.2, 0.25) is 5.71 Å². The molecule has 0 spiro atoms. The molecule has 2 aromatic heterocycles. The number of nitrogens with zero attached hydrogens (tertiary/aromatic N) is 1. The number of aliphatic hydroxyl groups is 1. The summed E-state index contributed by atoms with van der Waals surface area (Å²) in [5.41, 5.74) is 6.38. The summed E-state index contributed by atoms with van der Waals surface area (Å²) in [4.78, 5) is 14.8. The van der Waals surface area contributed by atoms with Crippen LogP contribution in [0.25, 0.3) is 33.7 Å². The molecule has 5 heteroatoms. The van der Waals surface area contributed by atoms with Gasteiger partial charge in [-0.1, -0.05) is 58.0 Å². The number of hydrogen-bond acceptors (Lipinski definition) is 4. The number of aliphatic hydroxyl groups excluding tert-OH is 1. The number of benzene rings is 2. The Labute approximate surface area is 221 Å². The molecule has 2 heterocycles. The van der Waals surface area contributed by atoms with E-state index in [2.05, 4.69) is 64.1 Å². The molecule has 0 aliphatic carbocycles. The molecule has 4 aromatic rings. The average molecular weight is 647 g/mol. The number of pyridine rings is 1. The van der Waals surface area contributed by atoms with Gasteiger partial charge >= 0.3 is 0 Å². The molecule has 35 heavy (non-hydrogen) atoms. The van der Waals surface area contributed by atoms with Gasteiger partial charge in [-0.05, 0) is 48.6 Å². The predicted molar refractivity (Wildman–Crippen MR) is 139 cm³/mol. The number of ketones is 1. The fraction of sp³-hybridized carbons (Fsp3) is 0.267. The number of carbonyl (C=O) groups is 1. The summed E-state index contributed by atoms with van der Waals surface area (Å²) in [6.45, 7) is 11.8. The van der Waals surface area contributed by atoms with Crippen molar-refractivity contribution in [2.24, 2.45) is 0 Å². The number of carbonyl (C=O) groups excluding carboxylic acids is 1. The van der Waals surface area contributed by atoms with Crippen molar-refractivity contribution >= 4 is 16.9 Å². The maximum atomic E-state index is 10.0. The fourth-order valence-corrected chi connectivity index (χ4v) is 3.87. The molecule has 0 fully saturated rings. The number of allylic oxidation sites excluding steroid dienone is 2. The molecule has 185 valence electrons. The fourth-order valence-electron chi connectivity index (χ4n) is 3.87. The van der Waals surface area contributed by atoms with Crippen LogP contribution in [-0.4, -0.2) is 15.9 Å². The summed E-state index contributed by atoms with van der Waals surface area (Å²) >= 11 is 0. The summed E-state index contributed by atoms with van der Waals surface area (Å²) in [5, 5.41) is 9.39. The van der Waals surface area contributed by atoms with Crippen molar-refractivity contribution in [3.63, 3.8) is 0 Å². The van der Waals surface area contributed by atoms with Crippen LogP contribution >= 0.6 is 0 Å². The summed E-state index contributed by atoms with van der Waals surface area (Å²) < 4.78 is 6.27. The van der Waals surface area contributed by atoms with E-state index in [-0.39, 0.29) is 31.6 Å². The summed E-state index contributed by atoms with van der Waals surface area (Å²) in [6, 6.07) is 23.9. The Bertz CT molecular complexity index is 1270. The summed E-state index contributed by atoms with van der Waals surface area (Å²) in [7, 11) is 0. The molecule has 0 aliphatic rings. The van der Waals surface area contributed by atoms with E-state index in [4.69, 9.17) is 14.5 Å². The number of furan rings is 1. The first kappa shape index (κ1) is 28.2. The van der Waals surface area contributed by atoms with E-state index in [1.54, 1.807) is 0 Å². The van der Waals surface area contributed by atoms with Gasteiger partial charge in [-0.3, -0.25) is 9.78 Å².